The summed E-state index contributed by atoms with van der Waals surface area (Å²) in [4.78, 5) is 7.08. The summed E-state index contributed by atoms with van der Waals surface area (Å²) in [5.74, 6) is 0. The molecule has 0 aliphatic heterocycles. The van der Waals surface area contributed by atoms with E-state index in [2.05, 4.69) is 9.97 Å². The van der Waals surface area contributed by atoms with Crippen molar-refractivity contribution in [3.05, 3.63) is 23.2 Å². The Labute approximate surface area is 87.5 Å². The van der Waals surface area contributed by atoms with Gasteiger partial charge in [-0.3, -0.25) is 0 Å². The van der Waals surface area contributed by atoms with Crippen LogP contribution in [-0.4, -0.2) is 14.5 Å². The van der Waals surface area contributed by atoms with E-state index in [1.54, 1.807) is 7.05 Å². The van der Waals surface area contributed by atoms with Crippen LogP contribution in [0.1, 0.15) is 5.69 Å². The zero-order valence-electron chi connectivity index (χ0n) is 7.51. The first-order valence-electron chi connectivity index (χ1n) is 3.94. The van der Waals surface area contributed by atoms with Gasteiger partial charge in [0.25, 0.3) is 0 Å². The van der Waals surface area contributed by atoms with Gasteiger partial charge in [-0.05, 0) is 6.07 Å². The molecule has 0 amide bonds. The van der Waals surface area contributed by atoms with Crippen LogP contribution in [-0.2, 0) is 13.2 Å². The van der Waals surface area contributed by atoms with Crippen molar-refractivity contribution < 1.29 is 13.2 Å². The third kappa shape index (κ3) is 1.65. The van der Waals surface area contributed by atoms with Gasteiger partial charge in [0.2, 0.25) is 0 Å². The van der Waals surface area contributed by atoms with E-state index in [4.69, 9.17) is 11.6 Å². The number of aromatic nitrogens is 3. The zero-order valence-corrected chi connectivity index (χ0v) is 8.26. The van der Waals surface area contributed by atoms with Gasteiger partial charge in [-0.2, -0.15) is 13.2 Å². The van der Waals surface area contributed by atoms with Gasteiger partial charge in [0.15, 0.2) is 5.15 Å². The third-order valence-corrected chi connectivity index (χ3v) is 2.21. The highest BCUT2D eigenvalue weighted by Gasteiger charge is 2.33. The summed E-state index contributed by atoms with van der Waals surface area (Å²) in [6.45, 7) is 0. The van der Waals surface area contributed by atoms with Gasteiger partial charge < -0.3 is 4.57 Å². The summed E-state index contributed by atoms with van der Waals surface area (Å²) in [6.07, 6.45) is -3.12. The first-order valence-corrected chi connectivity index (χ1v) is 4.32. The Morgan fingerprint density at radius 3 is 2.67 bits per heavy atom. The highest BCUT2D eigenvalue weighted by Crippen LogP contribution is 2.31. The highest BCUT2D eigenvalue weighted by atomic mass is 35.5. The molecule has 0 spiro atoms. The molecule has 0 bridgehead atoms. The summed E-state index contributed by atoms with van der Waals surface area (Å²) < 4.78 is 38.6. The maximum Gasteiger partial charge on any atom is 0.433 e. The molecule has 2 aromatic rings. The minimum atomic E-state index is -4.50. The normalized spacial score (nSPS) is 12.3. The van der Waals surface area contributed by atoms with Crippen molar-refractivity contribution >= 4 is 22.6 Å². The van der Waals surface area contributed by atoms with E-state index in [1.165, 1.54) is 10.9 Å². The number of rotatable bonds is 0. The molecular formula is C8H5ClF3N3. The molecule has 0 saturated carbocycles. The van der Waals surface area contributed by atoms with E-state index >= 15 is 0 Å². The maximum absolute atomic E-state index is 12.3. The predicted molar refractivity (Wildman–Crippen MR) is 48.5 cm³/mol. The number of halogens is 4. The van der Waals surface area contributed by atoms with E-state index in [0.29, 0.717) is 5.52 Å². The molecule has 0 N–H and O–H groups in total. The Hall–Kier alpha value is -1.30. The molecule has 0 fully saturated rings. The summed E-state index contributed by atoms with van der Waals surface area (Å²) in [6, 6.07) is 0.876. The highest BCUT2D eigenvalue weighted by molar-refractivity contribution is 6.33. The lowest BCUT2D eigenvalue weighted by atomic mass is 10.3. The Balaban J connectivity index is 2.74. The lowest BCUT2D eigenvalue weighted by molar-refractivity contribution is -0.141. The molecule has 2 heterocycles. The van der Waals surface area contributed by atoms with Gasteiger partial charge >= 0.3 is 6.18 Å². The minimum Gasteiger partial charge on any atom is -0.331 e. The van der Waals surface area contributed by atoms with Crippen LogP contribution < -0.4 is 0 Å². The van der Waals surface area contributed by atoms with Crippen molar-refractivity contribution in [2.24, 2.45) is 7.05 Å². The Morgan fingerprint density at radius 2 is 2.07 bits per heavy atom. The number of nitrogens with zero attached hydrogens (tertiary/aromatic N) is 3. The van der Waals surface area contributed by atoms with Crippen molar-refractivity contribution in [3.8, 4) is 0 Å². The van der Waals surface area contributed by atoms with Crippen LogP contribution in [0.5, 0.6) is 0 Å². The lowest BCUT2D eigenvalue weighted by Crippen LogP contribution is -2.08. The van der Waals surface area contributed by atoms with Crippen molar-refractivity contribution in [1.82, 2.24) is 14.5 Å². The first kappa shape index (κ1) is 10.2. The summed E-state index contributed by atoms with van der Waals surface area (Å²) >= 11 is 5.64. The first-order chi connectivity index (χ1) is 6.89. The molecular weight excluding hydrogens is 231 g/mol. The number of hydrogen-bond donors (Lipinski definition) is 0. The second-order valence-corrected chi connectivity index (χ2v) is 3.38. The number of hydrogen-bond acceptors (Lipinski definition) is 2. The molecule has 0 radical (unpaired) electrons. The average molecular weight is 236 g/mol. The predicted octanol–water partition coefficient (Wildman–Crippen LogP) is 2.64. The molecule has 0 unspecified atom stereocenters. The van der Waals surface area contributed by atoms with Crippen molar-refractivity contribution in [2.75, 3.05) is 0 Å². The molecule has 3 nitrogen and oxygen atoms in total. The molecule has 7 heteroatoms. The number of pyridine rings is 1. The molecule has 2 aromatic heterocycles. The van der Waals surface area contributed by atoms with E-state index in [0.717, 1.165) is 6.07 Å². The van der Waals surface area contributed by atoms with Crippen molar-refractivity contribution in [3.63, 3.8) is 0 Å². The van der Waals surface area contributed by atoms with Crippen LogP contribution in [0.15, 0.2) is 12.4 Å². The van der Waals surface area contributed by atoms with Gasteiger partial charge in [-0.1, -0.05) is 11.6 Å². The summed E-state index contributed by atoms with van der Waals surface area (Å²) in [5, 5.41) is -0.195. The molecule has 2 rings (SSSR count). The Bertz CT molecular complexity index is 518. The fourth-order valence-electron chi connectivity index (χ4n) is 1.27. The van der Waals surface area contributed by atoms with Crippen molar-refractivity contribution in [1.29, 1.82) is 0 Å². The quantitative estimate of drug-likeness (QED) is 0.657. The fraction of sp³-hybridized carbons (Fsp3) is 0.250. The summed E-state index contributed by atoms with van der Waals surface area (Å²) in [5.41, 5.74) is -0.451. The van der Waals surface area contributed by atoms with Gasteiger partial charge in [-0.15, -0.1) is 0 Å². The Kier molecular flexibility index (Phi) is 2.11. The van der Waals surface area contributed by atoms with E-state index in [1.807, 2.05) is 0 Å². The van der Waals surface area contributed by atoms with Crippen LogP contribution in [0.25, 0.3) is 11.0 Å². The second kappa shape index (κ2) is 3.10. The van der Waals surface area contributed by atoms with Gasteiger partial charge in [0.05, 0.1) is 11.8 Å². The molecule has 0 aliphatic carbocycles. The average Bonchev–Trinajstić information content (AvgIpc) is 2.46. The molecule has 0 saturated heterocycles. The number of aryl methyl sites for hydroxylation is 1. The van der Waals surface area contributed by atoms with Gasteiger partial charge in [0, 0.05) is 7.05 Å². The zero-order chi connectivity index (χ0) is 11.2. The topological polar surface area (TPSA) is 30.7 Å². The van der Waals surface area contributed by atoms with E-state index in [-0.39, 0.29) is 10.7 Å². The second-order valence-electron chi connectivity index (χ2n) is 3.02. The van der Waals surface area contributed by atoms with Crippen LogP contribution >= 0.6 is 11.6 Å². The number of alkyl halides is 3. The Morgan fingerprint density at radius 1 is 1.40 bits per heavy atom. The van der Waals surface area contributed by atoms with E-state index in [9.17, 15) is 13.2 Å². The molecule has 15 heavy (non-hydrogen) atoms. The molecule has 0 atom stereocenters. The van der Waals surface area contributed by atoms with Crippen LogP contribution in [0.4, 0.5) is 13.2 Å². The number of fused-ring (bicyclic) bond motifs is 1. The fourth-order valence-corrected chi connectivity index (χ4v) is 1.59. The van der Waals surface area contributed by atoms with Crippen molar-refractivity contribution in [2.45, 2.75) is 6.18 Å². The van der Waals surface area contributed by atoms with Gasteiger partial charge in [-0.25, -0.2) is 9.97 Å². The molecule has 0 aliphatic rings. The van der Waals surface area contributed by atoms with Crippen LogP contribution in [0.2, 0.25) is 5.15 Å². The maximum atomic E-state index is 12.3. The largest absolute Gasteiger partial charge is 0.433 e. The third-order valence-electron chi connectivity index (χ3n) is 1.94. The lowest BCUT2D eigenvalue weighted by Gasteiger charge is -2.06. The smallest absolute Gasteiger partial charge is 0.331 e. The molecule has 0 aromatic carbocycles. The SMILES string of the molecule is Cn1cnc2cc(C(F)(F)F)nc(Cl)c21. The van der Waals surface area contributed by atoms with Crippen LogP contribution in [0.3, 0.4) is 0 Å². The summed E-state index contributed by atoms with van der Waals surface area (Å²) in [7, 11) is 1.64. The standard InChI is InChI=1S/C8H5ClF3N3/c1-15-3-13-4-2-5(8(10,11)12)14-7(9)6(4)15/h2-3H,1H3. The minimum absolute atomic E-state index is 0.185. The monoisotopic (exact) mass is 235 g/mol. The van der Waals surface area contributed by atoms with Crippen LogP contribution in [0, 0.1) is 0 Å². The molecule has 80 valence electrons. The van der Waals surface area contributed by atoms with Gasteiger partial charge in [0.1, 0.15) is 11.2 Å². The van der Waals surface area contributed by atoms with E-state index < -0.39 is 11.9 Å². The number of imidazole rings is 1.